The Morgan fingerprint density at radius 2 is 2.15 bits per heavy atom. The normalized spacial score (nSPS) is 17.3. The zero-order valence-electron chi connectivity index (χ0n) is 13.8. The molecule has 0 bridgehead atoms. The van der Waals surface area contributed by atoms with E-state index >= 15 is 0 Å². The monoisotopic (exact) mass is 385 g/mol. The highest BCUT2D eigenvalue weighted by Crippen LogP contribution is 2.28. The van der Waals surface area contributed by atoms with Crippen LogP contribution in [0.1, 0.15) is 21.3 Å². The maximum absolute atomic E-state index is 12.9. The van der Waals surface area contributed by atoms with Crippen LogP contribution >= 0.6 is 22.9 Å². The number of hydrogen-bond donors (Lipinski definition) is 0. The Bertz CT molecular complexity index is 916. The third kappa shape index (κ3) is 3.62. The average Bonchev–Trinajstić information content (AvgIpc) is 3.18. The minimum Gasteiger partial charge on any atom is -0.370 e. The van der Waals surface area contributed by atoms with E-state index in [1.54, 1.807) is 12.4 Å². The van der Waals surface area contributed by atoms with E-state index in [0.29, 0.717) is 29.6 Å². The second kappa shape index (κ2) is 7.53. The molecule has 5 nitrogen and oxygen atoms in total. The molecular formula is C19H16ClN3O2S. The van der Waals surface area contributed by atoms with Crippen LogP contribution in [0.4, 0.5) is 0 Å². The van der Waals surface area contributed by atoms with Gasteiger partial charge in [-0.2, -0.15) is 0 Å². The number of aromatic nitrogens is 2. The highest BCUT2D eigenvalue weighted by Gasteiger charge is 2.27. The summed E-state index contributed by atoms with van der Waals surface area (Å²) in [6.07, 6.45) is 3.17. The third-order valence-electron chi connectivity index (χ3n) is 4.17. The lowest BCUT2D eigenvalue weighted by atomic mass is 10.1. The molecule has 4 rings (SSSR count). The molecule has 1 aliphatic rings. The average molecular weight is 386 g/mol. The number of amides is 1. The Hall–Kier alpha value is -2.28. The van der Waals surface area contributed by atoms with Crippen molar-refractivity contribution in [1.82, 2.24) is 14.9 Å². The topological polar surface area (TPSA) is 55.3 Å². The van der Waals surface area contributed by atoms with E-state index in [0.717, 1.165) is 16.3 Å². The number of hydrogen-bond acceptors (Lipinski definition) is 5. The van der Waals surface area contributed by atoms with Gasteiger partial charge in [0.1, 0.15) is 16.0 Å². The summed E-state index contributed by atoms with van der Waals surface area (Å²) < 4.78 is 5.84. The molecule has 1 unspecified atom stereocenters. The van der Waals surface area contributed by atoms with Gasteiger partial charge in [-0.15, -0.1) is 11.3 Å². The Labute approximate surface area is 160 Å². The van der Waals surface area contributed by atoms with Crippen LogP contribution in [-0.4, -0.2) is 40.5 Å². The van der Waals surface area contributed by atoms with Gasteiger partial charge in [-0.25, -0.2) is 4.98 Å². The third-order valence-corrected chi connectivity index (χ3v) is 5.42. The first-order valence-electron chi connectivity index (χ1n) is 8.24. The van der Waals surface area contributed by atoms with E-state index < -0.39 is 0 Å². The first-order chi connectivity index (χ1) is 12.7. The number of rotatable bonds is 3. The largest absolute Gasteiger partial charge is 0.370 e. The van der Waals surface area contributed by atoms with Gasteiger partial charge in [-0.3, -0.25) is 9.78 Å². The number of benzene rings is 1. The van der Waals surface area contributed by atoms with Gasteiger partial charge in [0.2, 0.25) is 0 Å². The summed E-state index contributed by atoms with van der Waals surface area (Å²) >= 11 is 7.43. The number of pyridine rings is 1. The van der Waals surface area contributed by atoms with Crippen molar-refractivity contribution in [3.05, 3.63) is 70.3 Å². The van der Waals surface area contributed by atoms with Gasteiger partial charge in [0.25, 0.3) is 5.91 Å². The van der Waals surface area contributed by atoms with Crippen molar-refractivity contribution in [3.63, 3.8) is 0 Å². The molecule has 7 heteroatoms. The van der Waals surface area contributed by atoms with Crippen molar-refractivity contribution in [3.8, 4) is 10.7 Å². The molecule has 0 radical (unpaired) electrons. The molecule has 1 atom stereocenters. The maximum atomic E-state index is 12.9. The second-order valence-electron chi connectivity index (χ2n) is 5.91. The zero-order valence-corrected chi connectivity index (χ0v) is 15.4. The smallest absolute Gasteiger partial charge is 0.265 e. The minimum atomic E-state index is -0.172. The fourth-order valence-electron chi connectivity index (χ4n) is 2.88. The molecule has 3 heterocycles. The van der Waals surface area contributed by atoms with Gasteiger partial charge in [-0.05, 0) is 29.8 Å². The Morgan fingerprint density at radius 1 is 1.23 bits per heavy atom. The fourth-order valence-corrected chi connectivity index (χ4v) is 3.94. The lowest BCUT2D eigenvalue weighted by Crippen LogP contribution is -2.42. The van der Waals surface area contributed by atoms with E-state index in [9.17, 15) is 4.79 Å². The van der Waals surface area contributed by atoms with Crippen molar-refractivity contribution in [2.45, 2.75) is 6.10 Å². The molecule has 1 saturated heterocycles. The SMILES string of the molecule is O=C(c1cnc(-c2ccccn2)s1)N1CCOC(c2cccc(Cl)c2)C1. The molecule has 0 N–H and O–H groups in total. The first-order valence-corrected chi connectivity index (χ1v) is 9.44. The van der Waals surface area contributed by atoms with Gasteiger partial charge in [0, 0.05) is 17.8 Å². The molecular weight excluding hydrogens is 370 g/mol. The number of nitrogens with zero attached hydrogens (tertiary/aromatic N) is 3. The summed E-state index contributed by atoms with van der Waals surface area (Å²) in [7, 11) is 0. The summed E-state index contributed by atoms with van der Waals surface area (Å²) in [5, 5.41) is 1.41. The predicted octanol–water partition coefficient (Wildman–Crippen LogP) is 4.07. The Balaban J connectivity index is 1.50. The van der Waals surface area contributed by atoms with Gasteiger partial charge >= 0.3 is 0 Å². The highest BCUT2D eigenvalue weighted by atomic mass is 35.5. The zero-order chi connectivity index (χ0) is 17.9. The van der Waals surface area contributed by atoms with Gasteiger partial charge in [0.05, 0.1) is 25.0 Å². The molecule has 1 fully saturated rings. The van der Waals surface area contributed by atoms with Gasteiger partial charge < -0.3 is 9.64 Å². The number of thiazole rings is 1. The number of ether oxygens (including phenoxy) is 1. The van der Waals surface area contributed by atoms with Gasteiger partial charge in [0.15, 0.2) is 0 Å². The summed E-state index contributed by atoms with van der Waals surface area (Å²) in [5.41, 5.74) is 1.75. The van der Waals surface area contributed by atoms with Crippen LogP contribution in [0.15, 0.2) is 54.9 Å². The van der Waals surface area contributed by atoms with Gasteiger partial charge in [-0.1, -0.05) is 29.8 Å². The fraction of sp³-hybridized carbons (Fsp3) is 0.211. The maximum Gasteiger partial charge on any atom is 0.265 e. The Kier molecular flexibility index (Phi) is 4.97. The molecule has 132 valence electrons. The van der Waals surface area contributed by atoms with Crippen LogP contribution in [0.5, 0.6) is 0 Å². The Morgan fingerprint density at radius 3 is 2.96 bits per heavy atom. The highest BCUT2D eigenvalue weighted by molar-refractivity contribution is 7.16. The van der Waals surface area contributed by atoms with Crippen molar-refractivity contribution < 1.29 is 9.53 Å². The van der Waals surface area contributed by atoms with Crippen molar-refractivity contribution >= 4 is 28.8 Å². The molecule has 26 heavy (non-hydrogen) atoms. The molecule has 0 aliphatic carbocycles. The molecule has 3 aromatic rings. The molecule has 0 saturated carbocycles. The van der Waals surface area contributed by atoms with Crippen LogP contribution in [0, 0.1) is 0 Å². The lowest BCUT2D eigenvalue weighted by Gasteiger charge is -2.33. The van der Waals surface area contributed by atoms with E-state index in [1.165, 1.54) is 11.3 Å². The second-order valence-corrected chi connectivity index (χ2v) is 7.38. The number of halogens is 1. The minimum absolute atomic E-state index is 0.0278. The van der Waals surface area contributed by atoms with E-state index in [1.807, 2.05) is 47.4 Å². The first kappa shape index (κ1) is 17.1. The molecule has 0 spiro atoms. The van der Waals surface area contributed by atoms with Crippen LogP contribution < -0.4 is 0 Å². The van der Waals surface area contributed by atoms with Crippen LogP contribution in [0.3, 0.4) is 0 Å². The standard InChI is InChI=1S/C19H16ClN3O2S/c20-14-5-3-4-13(10-14)16-12-23(8-9-25-16)19(24)17-11-22-18(26-17)15-6-1-2-7-21-15/h1-7,10-11,16H,8-9,12H2. The van der Waals surface area contributed by atoms with Crippen LogP contribution in [-0.2, 0) is 4.74 Å². The summed E-state index contributed by atoms with van der Waals surface area (Å²) in [5.74, 6) is -0.0278. The van der Waals surface area contributed by atoms with E-state index in [2.05, 4.69) is 9.97 Å². The quantitative estimate of drug-likeness (QED) is 0.681. The van der Waals surface area contributed by atoms with Crippen LogP contribution in [0.2, 0.25) is 5.02 Å². The summed E-state index contributed by atoms with van der Waals surface area (Å²) in [4.78, 5) is 23.9. The summed E-state index contributed by atoms with van der Waals surface area (Å²) in [6.45, 7) is 1.55. The van der Waals surface area contributed by atoms with E-state index in [-0.39, 0.29) is 12.0 Å². The lowest BCUT2D eigenvalue weighted by molar-refractivity contribution is -0.0226. The van der Waals surface area contributed by atoms with Crippen LogP contribution in [0.25, 0.3) is 10.7 Å². The number of morpholine rings is 1. The predicted molar refractivity (Wildman–Crippen MR) is 101 cm³/mol. The van der Waals surface area contributed by atoms with Crippen molar-refractivity contribution in [1.29, 1.82) is 0 Å². The molecule has 1 aliphatic heterocycles. The van der Waals surface area contributed by atoms with Crippen molar-refractivity contribution in [2.24, 2.45) is 0 Å². The molecule has 2 aromatic heterocycles. The molecule has 1 amide bonds. The number of carbonyl (C=O) groups is 1. The van der Waals surface area contributed by atoms with Crippen molar-refractivity contribution in [2.75, 3.05) is 19.7 Å². The molecule has 1 aromatic carbocycles. The van der Waals surface area contributed by atoms with E-state index in [4.69, 9.17) is 16.3 Å². The number of carbonyl (C=O) groups excluding carboxylic acids is 1. The summed E-state index contributed by atoms with van der Waals surface area (Å²) in [6, 6.07) is 13.2.